The molecule has 122 valence electrons. The number of hydrogen-bond acceptors (Lipinski definition) is 4. The van der Waals surface area contributed by atoms with E-state index in [1.165, 1.54) is 19.3 Å². The van der Waals surface area contributed by atoms with E-state index in [9.17, 15) is 23.5 Å². The average molecular weight is 324 g/mol. The van der Waals surface area contributed by atoms with Gasteiger partial charge in [0.25, 0.3) is 0 Å². The Morgan fingerprint density at radius 2 is 1.96 bits per heavy atom. The van der Waals surface area contributed by atoms with Crippen LogP contribution in [0.4, 0.5) is 14.5 Å². The number of furan rings is 1. The minimum Gasteiger partial charge on any atom is -0.466 e. The fourth-order valence-electron chi connectivity index (χ4n) is 1.77. The Labute approximate surface area is 130 Å². The van der Waals surface area contributed by atoms with Crippen molar-refractivity contribution in [2.45, 2.75) is 12.5 Å². The van der Waals surface area contributed by atoms with Crippen molar-refractivity contribution in [2.24, 2.45) is 0 Å². The summed E-state index contributed by atoms with van der Waals surface area (Å²) < 4.78 is 30.8. The number of carbonyl (C=O) groups excluding carboxylic acids is 2. The second kappa shape index (κ2) is 6.57. The molecule has 0 saturated heterocycles. The minimum absolute atomic E-state index is 0.0677. The SMILES string of the molecule is CC(O)(CNC(=O)C(=O)Nc1ccc(F)c(F)c1)c1ccco1. The van der Waals surface area contributed by atoms with Crippen molar-refractivity contribution in [1.82, 2.24) is 5.32 Å². The third-order valence-electron chi connectivity index (χ3n) is 3.03. The normalized spacial score (nSPS) is 13.2. The summed E-state index contributed by atoms with van der Waals surface area (Å²) in [6.07, 6.45) is 1.36. The zero-order valence-electron chi connectivity index (χ0n) is 12.1. The lowest BCUT2D eigenvalue weighted by atomic mass is 10.0. The first-order valence-corrected chi connectivity index (χ1v) is 6.60. The Hall–Kier alpha value is -2.74. The summed E-state index contributed by atoms with van der Waals surface area (Å²) in [5.41, 5.74) is -1.57. The van der Waals surface area contributed by atoms with Gasteiger partial charge < -0.3 is 20.2 Å². The van der Waals surface area contributed by atoms with E-state index < -0.39 is 29.0 Å². The maximum absolute atomic E-state index is 13.0. The number of carbonyl (C=O) groups is 2. The predicted molar refractivity (Wildman–Crippen MR) is 76.3 cm³/mol. The number of halogens is 2. The molecule has 23 heavy (non-hydrogen) atoms. The molecule has 0 fully saturated rings. The fraction of sp³-hybridized carbons (Fsp3) is 0.200. The van der Waals surface area contributed by atoms with Crippen LogP contribution in [0.1, 0.15) is 12.7 Å². The third kappa shape index (κ3) is 4.13. The van der Waals surface area contributed by atoms with E-state index in [-0.39, 0.29) is 18.0 Å². The summed E-state index contributed by atoms with van der Waals surface area (Å²) >= 11 is 0. The van der Waals surface area contributed by atoms with Crippen LogP contribution in [0.15, 0.2) is 41.0 Å². The predicted octanol–water partition coefficient (Wildman–Crippen LogP) is 1.52. The summed E-state index contributed by atoms with van der Waals surface area (Å²) in [5, 5.41) is 14.5. The molecule has 0 aliphatic heterocycles. The van der Waals surface area contributed by atoms with E-state index in [4.69, 9.17) is 4.42 Å². The lowest BCUT2D eigenvalue weighted by Crippen LogP contribution is -2.43. The molecular formula is C15H14F2N2O4. The molecule has 1 aromatic heterocycles. The van der Waals surface area contributed by atoms with E-state index >= 15 is 0 Å². The van der Waals surface area contributed by atoms with Crippen LogP contribution in [-0.4, -0.2) is 23.5 Å². The van der Waals surface area contributed by atoms with E-state index in [0.717, 1.165) is 18.2 Å². The summed E-state index contributed by atoms with van der Waals surface area (Å²) in [6, 6.07) is 5.78. The Morgan fingerprint density at radius 1 is 1.22 bits per heavy atom. The van der Waals surface area contributed by atoms with Gasteiger partial charge in [-0.25, -0.2) is 8.78 Å². The van der Waals surface area contributed by atoms with Gasteiger partial charge in [-0.05, 0) is 31.2 Å². The van der Waals surface area contributed by atoms with Gasteiger partial charge in [-0.15, -0.1) is 0 Å². The molecule has 1 atom stereocenters. The van der Waals surface area contributed by atoms with Gasteiger partial charge in [0.15, 0.2) is 11.6 Å². The first-order valence-electron chi connectivity index (χ1n) is 6.60. The van der Waals surface area contributed by atoms with E-state index in [0.29, 0.717) is 0 Å². The van der Waals surface area contributed by atoms with E-state index in [2.05, 4.69) is 10.6 Å². The Kier molecular flexibility index (Phi) is 4.75. The lowest BCUT2D eigenvalue weighted by Gasteiger charge is -2.20. The third-order valence-corrected chi connectivity index (χ3v) is 3.03. The van der Waals surface area contributed by atoms with Crippen molar-refractivity contribution in [3.05, 3.63) is 54.0 Å². The zero-order valence-corrected chi connectivity index (χ0v) is 12.1. The maximum atomic E-state index is 13.0. The molecule has 0 aliphatic carbocycles. The maximum Gasteiger partial charge on any atom is 0.313 e. The highest BCUT2D eigenvalue weighted by Crippen LogP contribution is 2.19. The number of amides is 2. The molecule has 2 rings (SSSR count). The van der Waals surface area contributed by atoms with Gasteiger partial charge in [-0.1, -0.05) is 0 Å². The molecule has 2 amide bonds. The molecule has 0 radical (unpaired) electrons. The van der Waals surface area contributed by atoms with Gasteiger partial charge in [0.2, 0.25) is 0 Å². The van der Waals surface area contributed by atoms with Gasteiger partial charge in [-0.2, -0.15) is 0 Å². The van der Waals surface area contributed by atoms with E-state index in [1.54, 1.807) is 6.07 Å². The molecule has 1 heterocycles. The van der Waals surface area contributed by atoms with Crippen LogP contribution in [0, 0.1) is 11.6 Å². The second-order valence-corrected chi connectivity index (χ2v) is 5.02. The van der Waals surface area contributed by atoms with Crippen LogP contribution < -0.4 is 10.6 Å². The lowest BCUT2D eigenvalue weighted by molar-refractivity contribution is -0.136. The number of anilines is 1. The Morgan fingerprint density at radius 3 is 2.57 bits per heavy atom. The molecular weight excluding hydrogens is 310 g/mol. The highest BCUT2D eigenvalue weighted by Gasteiger charge is 2.28. The number of aliphatic hydroxyl groups is 1. The smallest absolute Gasteiger partial charge is 0.313 e. The van der Waals surface area contributed by atoms with Crippen molar-refractivity contribution < 1.29 is 27.9 Å². The van der Waals surface area contributed by atoms with Gasteiger partial charge in [-0.3, -0.25) is 9.59 Å². The first-order chi connectivity index (χ1) is 10.8. The Balaban J connectivity index is 1.92. The van der Waals surface area contributed by atoms with Crippen LogP contribution in [0.5, 0.6) is 0 Å². The monoisotopic (exact) mass is 324 g/mol. The van der Waals surface area contributed by atoms with Crippen molar-refractivity contribution in [3.63, 3.8) is 0 Å². The summed E-state index contributed by atoms with van der Waals surface area (Å²) in [5.74, 6) is -4.11. The van der Waals surface area contributed by atoms with Crippen LogP contribution in [0.25, 0.3) is 0 Å². The summed E-state index contributed by atoms with van der Waals surface area (Å²) in [7, 11) is 0. The standard InChI is InChI=1S/C15H14F2N2O4/c1-15(22,12-3-2-6-23-12)8-18-13(20)14(21)19-9-4-5-10(16)11(17)7-9/h2-7,22H,8H2,1H3,(H,18,20)(H,19,21). The molecule has 1 aromatic carbocycles. The largest absolute Gasteiger partial charge is 0.466 e. The minimum atomic E-state index is -1.50. The molecule has 3 N–H and O–H groups in total. The van der Waals surface area contributed by atoms with Crippen LogP contribution in [-0.2, 0) is 15.2 Å². The molecule has 2 aromatic rings. The molecule has 0 bridgehead atoms. The van der Waals surface area contributed by atoms with Crippen LogP contribution >= 0.6 is 0 Å². The number of benzene rings is 1. The first kappa shape index (κ1) is 16.6. The second-order valence-electron chi connectivity index (χ2n) is 5.02. The molecule has 0 saturated carbocycles. The quantitative estimate of drug-likeness (QED) is 0.744. The molecule has 8 heteroatoms. The van der Waals surface area contributed by atoms with Gasteiger partial charge in [0, 0.05) is 11.8 Å². The zero-order chi connectivity index (χ0) is 17.0. The van der Waals surface area contributed by atoms with E-state index in [1.807, 2.05) is 0 Å². The van der Waals surface area contributed by atoms with Crippen molar-refractivity contribution in [1.29, 1.82) is 0 Å². The van der Waals surface area contributed by atoms with Crippen LogP contribution in [0.3, 0.4) is 0 Å². The fourth-order valence-corrected chi connectivity index (χ4v) is 1.77. The average Bonchev–Trinajstić information content (AvgIpc) is 3.04. The number of hydrogen-bond donors (Lipinski definition) is 3. The number of nitrogens with one attached hydrogen (secondary N) is 2. The van der Waals surface area contributed by atoms with Crippen molar-refractivity contribution >= 4 is 17.5 Å². The Bertz CT molecular complexity index is 714. The molecule has 0 aliphatic rings. The van der Waals surface area contributed by atoms with Gasteiger partial charge >= 0.3 is 11.8 Å². The van der Waals surface area contributed by atoms with Crippen molar-refractivity contribution in [3.8, 4) is 0 Å². The summed E-state index contributed by atoms with van der Waals surface area (Å²) in [4.78, 5) is 23.4. The summed E-state index contributed by atoms with van der Waals surface area (Å²) in [6.45, 7) is 1.13. The van der Waals surface area contributed by atoms with Crippen LogP contribution in [0.2, 0.25) is 0 Å². The van der Waals surface area contributed by atoms with Gasteiger partial charge in [0.1, 0.15) is 11.4 Å². The molecule has 6 nitrogen and oxygen atoms in total. The topological polar surface area (TPSA) is 91.6 Å². The molecule has 0 spiro atoms. The number of rotatable bonds is 4. The van der Waals surface area contributed by atoms with Gasteiger partial charge in [0.05, 0.1) is 12.8 Å². The molecule has 1 unspecified atom stereocenters. The van der Waals surface area contributed by atoms with Crippen molar-refractivity contribution in [2.75, 3.05) is 11.9 Å². The highest BCUT2D eigenvalue weighted by molar-refractivity contribution is 6.39. The highest BCUT2D eigenvalue weighted by atomic mass is 19.2.